The first-order valence-electron chi connectivity index (χ1n) is 15.3. The molecule has 236 valence electrons. The number of hydrogen-bond donors (Lipinski definition) is 1. The summed E-state index contributed by atoms with van der Waals surface area (Å²) in [7, 11) is -0.646. The molecule has 0 spiro atoms. The smallest absolute Gasteiger partial charge is 0.222 e. The van der Waals surface area contributed by atoms with Crippen molar-refractivity contribution in [3.63, 3.8) is 0 Å². The molecule has 0 bridgehead atoms. The highest BCUT2D eigenvalue weighted by Crippen LogP contribution is 2.36. The molecule has 0 radical (unpaired) electrons. The van der Waals surface area contributed by atoms with E-state index in [1.165, 1.54) is 6.92 Å². The quantitative estimate of drug-likeness (QED) is 0.0989. The highest BCUT2D eigenvalue weighted by molar-refractivity contribution is 7.70. The van der Waals surface area contributed by atoms with Crippen LogP contribution in [0.2, 0.25) is 0 Å². The van der Waals surface area contributed by atoms with E-state index in [1.54, 1.807) is 47.2 Å². The summed E-state index contributed by atoms with van der Waals surface area (Å²) in [6.45, 7) is 8.65. The normalized spacial score (nSPS) is 11.7. The molecular weight excluding hydrogens is 577 g/mol. The minimum absolute atomic E-state index is 0.0151. The van der Waals surface area contributed by atoms with Crippen molar-refractivity contribution >= 4 is 51.9 Å². The number of amides is 1. The lowest BCUT2D eigenvalue weighted by Gasteiger charge is -2.18. The van der Waals surface area contributed by atoms with Crippen molar-refractivity contribution in [3.8, 4) is 5.75 Å². The highest BCUT2D eigenvalue weighted by atomic mass is 31.2. The average molecular weight is 622 g/mol. The van der Waals surface area contributed by atoms with Crippen molar-refractivity contribution in [1.29, 1.82) is 0 Å². The second kappa shape index (κ2) is 14.7. The van der Waals surface area contributed by atoms with Crippen LogP contribution in [-0.2, 0) is 15.8 Å². The van der Waals surface area contributed by atoms with Crippen molar-refractivity contribution in [1.82, 2.24) is 19.6 Å². The van der Waals surface area contributed by atoms with Gasteiger partial charge in [0.2, 0.25) is 5.91 Å². The Balaban J connectivity index is 1.32. The zero-order valence-corrected chi connectivity index (χ0v) is 27.4. The third-order valence-electron chi connectivity index (χ3n) is 7.60. The number of Topliss-reactive ketones (excluding diaryl/α,β-unsaturated/α-hetero) is 1. The molecule has 1 amide bonds. The number of hydrogen-bond acceptors (Lipinski definition) is 8. The second-order valence-electron chi connectivity index (χ2n) is 11.6. The first-order valence-corrected chi connectivity index (χ1v) is 17.9. The average Bonchev–Trinajstić information content (AvgIpc) is 3.36. The second-order valence-corrected chi connectivity index (χ2v) is 14.8. The van der Waals surface area contributed by atoms with E-state index in [1.807, 2.05) is 25.2 Å². The summed E-state index contributed by atoms with van der Waals surface area (Å²) in [5, 5.41) is 1.60. The van der Waals surface area contributed by atoms with Gasteiger partial charge in [-0.2, -0.15) is 4.73 Å². The number of carbonyl (C=O) groups excluding carboxylic acids is 2. The van der Waals surface area contributed by atoms with E-state index in [0.717, 1.165) is 54.1 Å². The van der Waals surface area contributed by atoms with Crippen LogP contribution in [0.5, 0.6) is 5.75 Å². The fourth-order valence-electron chi connectivity index (χ4n) is 4.95. The van der Waals surface area contributed by atoms with Gasteiger partial charge in [-0.05, 0) is 82.3 Å². The molecule has 44 heavy (non-hydrogen) atoms. The maximum Gasteiger partial charge on any atom is 0.222 e. The molecule has 10 nitrogen and oxygen atoms in total. The molecule has 0 saturated heterocycles. The number of ketones is 1. The number of nitrogen functional groups attached to an aromatic ring is 1. The fraction of sp³-hybridized carbons (Fsp3) is 0.455. The van der Waals surface area contributed by atoms with Crippen LogP contribution in [0.4, 0.5) is 5.82 Å². The lowest BCUT2D eigenvalue weighted by Crippen LogP contribution is -2.28. The largest absolute Gasteiger partial charge is 0.494 e. The SMILES string of the molecule is CCCCc1nc2c(N)nc3cc(P(C)(C)=O)ccc3c2n1OCCCCN(C)C(=O)CCCOc1ccc(C(C)=O)cc1. The van der Waals surface area contributed by atoms with E-state index >= 15 is 0 Å². The summed E-state index contributed by atoms with van der Waals surface area (Å²) < 4.78 is 20.2. The van der Waals surface area contributed by atoms with Crippen LogP contribution in [0.1, 0.15) is 68.6 Å². The van der Waals surface area contributed by atoms with Gasteiger partial charge in [-0.15, -0.1) is 0 Å². The number of nitrogens with zero attached hydrogens (tertiary/aromatic N) is 4. The number of fused-ring (bicyclic) bond motifs is 3. The standard InChI is InChI=1S/C33H44N5O5P/c1-6-7-11-29-36-31-32(27-18-17-26(44(4,5)41)22-28(27)35-33(31)34)38(29)43-21-9-8-19-37(3)30(40)12-10-20-42-25-15-13-24(14-16-25)23(2)39/h13-18,22H,6-12,19-21H2,1-5H3,(H2,34,35). The van der Waals surface area contributed by atoms with Crippen LogP contribution >= 0.6 is 7.14 Å². The van der Waals surface area contributed by atoms with E-state index in [9.17, 15) is 14.2 Å². The lowest BCUT2D eigenvalue weighted by molar-refractivity contribution is -0.130. The van der Waals surface area contributed by atoms with Gasteiger partial charge < -0.3 is 24.8 Å². The van der Waals surface area contributed by atoms with Crippen molar-refractivity contribution in [2.45, 2.75) is 58.8 Å². The Morgan fingerprint density at radius 3 is 2.43 bits per heavy atom. The molecule has 0 aliphatic rings. The van der Waals surface area contributed by atoms with Gasteiger partial charge in [0.1, 0.15) is 36.4 Å². The van der Waals surface area contributed by atoms with Gasteiger partial charge in [0, 0.05) is 42.7 Å². The molecule has 0 fully saturated rings. The molecule has 0 aliphatic heterocycles. The number of ether oxygens (including phenoxy) is 1. The van der Waals surface area contributed by atoms with Crippen molar-refractivity contribution in [3.05, 3.63) is 53.9 Å². The Kier molecular flexibility index (Phi) is 11.0. The third kappa shape index (κ3) is 8.17. The molecule has 2 aromatic heterocycles. The molecule has 4 rings (SSSR count). The monoisotopic (exact) mass is 621 g/mol. The number of pyridine rings is 1. The minimum Gasteiger partial charge on any atom is -0.494 e. The molecular formula is C33H44N5O5P. The van der Waals surface area contributed by atoms with Crippen LogP contribution in [0.25, 0.3) is 21.9 Å². The van der Waals surface area contributed by atoms with Gasteiger partial charge in [0.25, 0.3) is 0 Å². The number of benzene rings is 2. The maximum absolute atomic E-state index is 12.7. The highest BCUT2D eigenvalue weighted by Gasteiger charge is 2.20. The van der Waals surface area contributed by atoms with Gasteiger partial charge in [0.15, 0.2) is 11.6 Å². The summed E-state index contributed by atoms with van der Waals surface area (Å²) in [5.74, 6) is 1.89. The van der Waals surface area contributed by atoms with Crippen molar-refractivity contribution < 1.29 is 23.7 Å². The number of nitrogens with two attached hydrogens (primary N) is 1. The van der Waals surface area contributed by atoms with Crippen LogP contribution in [0.15, 0.2) is 42.5 Å². The number of unbranched alkanes of at least 4 members (excludes halogenated alkanes) is 2. The van der Waals surface area contributed by atoms with Crippen LogP contribution in [-0.4, -0.2) is 71.4 Å². The first kappa shape index (κ1) is 33.0. The Morgan fingerprint density at radius 1 is 1.00 bits per heavy atom. The fourth-order valence-corrected chi connectivity index (χ4v) is 5.82. The summed E-state index contributed by atoms with van der Waals surface area (Å²) >= 11 is 0. The number of carbonyl (C=O) groups is 2. The number of aromatic nitrogens is 3. The van der Waals surface area contributed by atoms with Crippen LogP contribution in [0, 0.1) is 0 Å². The molecule has 4 aromatic rings. The number of imidazole rings is 1. The summed E-state index contributed by atoms with van der Waals surface area (Å²) in [6, 6.07) is 12.7. The Bertz CT molecular complexity index is 1660. The zero-order chi connectivity index (χ0) is 31.9. The zero-order valence-electron chi connectivity index (χ0n) is 26.5. The minimum atomic E-state index is -2.46. The number of rotatable bonds is 16. The van der Waals surface area contributed by atoms with Crippen molar-refractivity contribution in [2.75, 3.05) is 45.9 Å². The Hall–Kier alpha value is -3.91. The third-order valence-corrected chi connectivity index (χ3v) is 9.12. The number of anilines is 1. The van der Waals surface area contributed by atoms with Gasteiger partial charge in [-0.25, -0.2) is 9.97 Å². The topological polar surface area (TPSA) is 130 Å². The molecule has 0 unspecified atom stereocenters. The lowest BCUT2D eigenvalue weighted by atomic mass is 10.1. The maximum atomic E-state index is 12.7. The van der Waals surface area contributed by atoms with E-state index in [0.29, 0.717) is 60.8 Å². The van der Waals surface area contributed by atoms with Gasteiger partial charge in [0.05, 0.1) is 12.1 Å². The Labute approximate surface area is 259 Å². The molecule has 0 aliphatic carbocycles. The summed E-state index contributed by atoms with van der Waals surface area (Å²) in [5.41, 5.74) is 9.04. The summed E-state index contributed by atoms with van der Waals surface area (Å²) in [6.07, 6.45) is 5.27. The Morgan fingerprint density at radius 2 is 1.75 bits per heavy atom. The molecule has 0 saturated carbocycles. The van der Waals surface area contributed by atoms with E-state index in [2.05, 4.69) is 11.9 Å². The number of aryl methyl sites for hydroxylation is 1. The van der Waals surface area contributed by atoms with Gasteiger partial charge >= 0.3 is 0 Å². The predicted molar refractivity (Wildman–Crippen MR) is 177 cm³/mol. The summed E-state index contributed by atoms with van der Waals surface area (Å²) in [4.78, 5) is 41.5. The first-order chi connectivity index (χ1) is 21.0. The van der Waals surface area contributed by atoms with Crippen LogP contribution < -0.4 is 20.6 Å². The van der Waals surface area contributed by atoms with Crippen molar-refractivity contribution in [2.24, 2.45) is 0 Å². The van der Waals surface area contributed by atoms with E-state index in [4.69, 9.17) is 20.3 Å². The molecule has 2 N–H and O–H groups in total. The van der Waals surface area contributed by atoms with Gasteiger partial charge in [-0.1, -0.05) is 19.4 Å². The van der Waals surface area contributed by atoms with Gasteiger partial charge in [-0.3, -0.25) is 9.59 Å². The van der Waals surface area contributed by atoms with E-state index < -0.39 is 7.14 Å². The molecule has 2 aromatic carbocycles. The van der Waals surface area contributed by atoms with Crippen LogP contribution in [0.3, 0.4) is 0 Å². The predicted octanol–water partition coefficient (Wildman–Crippen LogP) is 5.49. The van der Waals surface area contributed by atoms with E-state index in [-0.39, 0.29) is 11.7 Å². The molecule has 0 atom stereocenters. The molecule has 2 heterocycles. The molecule has 11 heteroatoms.